The Balaban J connectivity index is 0.00000112. The highest BCUT2D eigenvalue weighted by atomic mass is 16.5. The lowest BCUT2D eigenvalue weighted by atomic mass is 9.70. The van der Waals surface area contributed by atoms with Gasteiger partial charge in [0.05, 0.1) is 0 Å². The molecule has 2 saturated carbocycles. The SMILES string of the molecule is CC(=O)OC1CC2CCC1(C)C2(C)C.O. The van der Waals surface area contributed by atoms with E-state index in [4.69, 9.17) is 4.74 Å². The molecule has 0 heterocycles. The summed E-state index contributed by atoms with van der Waals surface area (Å²) in [6.45, 7) is 8.46. The molecule has 2 N–H and O–H groups in total. The van der Waals surface area contributed by atoms with Gasteiger partial charge in [0, 0.05) is 12.3 Å². The third kappa shape index (κ3) is 1.48. The molecule has 3 unspecified atom stereocenters. The van der Waals surface area contributed by atoms with Gasteiger partial charge in [-0.1, -0.05) is 20.8 Å². The second kappa shape index (κ2) is 3.48. The van der Waals surface area contributed by atoms with E-state index in [0.717, 1.165) is 12.3 Å². The number of rotatable bonds is 1. The monoisotopic (exact) mass is 214 g/mol. The van der Waals surface area contributed by atoms with Crippen molar-refractivity contribution in [1.82, 2.24) is 0 Å². The van der Waals surface area contributed by atoms with Gasteiger partial charge in [0.25, 0.3) is 0 Å². The Hall–Kier alpha value is -0.570. The summed E-state index contributed by atoms with van der Waals surface area (Å²) >= 11 is 0. The van der Waals surface area contributed by atoms with Crippen LogP contribution in [-0.2, 0) is 9.53 Å². The lowest BCUT2D eigenvalue weighted by Crippen LogP contribution is -2.37. The Morgan fingerprint density at radius 2 is 1.93 bits per heavy atom. The molecule has 3 heteroatoms. The van der Waals surface area contributed by atoms with Crippen molar-refractivity contribution < 1.29 is 15.0 Å². The minimum absolute atomic E-state index is 0. The van der Waals surface area contributed by atoms with E-state index in [0.29, 0.717) is 5.41 Å². The van der Waals surface area contributed by atoms with Gasteiger partial charge in [-0.3, -0.25) is 4.79 Å². The standard InChI is InChI=1S/C12H20O2.H2O/c1-8(13)14-10-7-9-5-6-12(10,4)11(9,2)3;/h9-10H,5-7H2,1-4H3;1H2. The van der Waals surface area contributed by atoms with Gasteiger partial charge in [0.1, 0.15) is 6.10 Å². The molecular formula is C12H22O3. The van der Waals surface area contributed by atoms with Crippen molar-refractivity contribution in [2.45, 2.75) is 53.1 Å². The van der Waals surface area contributed by atoms with Crippen LogP contribution in [0, 0.1) is 16.7 Å². The van der Waals surface area contributed by atoms with Crippen LogP contribution in [0.3, 0.4) is 0 Å². The van der Waals surface area contributed by atoms with Crippen LogP contribution in [0.1, 0.15) is 47.0 Å². The normalized spacial score (nSPS) is 41.1. The summed E-state index contributed by atoms with van der Waals surface area (Å²) in [5, 5.41) is 0. The molecule has 88 valence electrons. The zero-order valence-electron chi connectivity index (χ0n) is 10.1. The molecule has 3 nitrogen and oxygen atoms in total. The quantitative estimate of drug-likeness (QED) is 0.626. The number of fused-ring (bicyclic) bond motifs is 2. The van der Waals surface area contributed by atoms with E-state index in [1.54, 1.807) is 0 Å². The van der Waals surface area contributed by atoms with Gasteiger partial charge in [-0.25, -0.2) is 0 Å². The van der Waals surface area contributed by atoms with Gasteiger partial charge in [-0.05, 0) is 30.6 Å². The molecule has 2 aliphatic carbocycles. The van der Waals surface area contributed by atoms with Crippen molar-refractivity contribution in [2.24, 2.45) is 16.7 Å². The van der Waals surface area contributed by atoms with E-state index < -0.39 is 0 Å². The number of carbonyl (C=O) groups is 1. The summed E-state index contributed by atoms with van der Waals surface area (Å²) in [6.07, 6.45) is 3.75. The van der Waals surface area contributed by atoms with Gasteiger partial charge in [-0.2, -0.15) is 0 Å². The number of ether oxygens (including phenoxy) is 1. The average molecular weight is 214 g/mol. The van der Waals surface area contributed by atoms with Gasteiger partial charge in [0.2, 0.25) is 0 Å². The van der Waals surface area contributed by atoms with Crippen LogP contribution in [-0.4, -0.2) is 17.5 Å². The van der Waals surface area contributed by atoms with E-state index in [-0.39, 0.29) is 23.0 Å². The molecule has 0 aromatic heterocycles. The van der Waals surface area contributed by atoms with E-state index in [9.17, 15) is 4.79 Å². The maximum absolute atomic E-state index is 11.0. The predicted octanol–water partition coefficient (Wildman–Crippen LogP) is 1.94. The summed E-state index contributed by atoms with van der Waals surface area (Å²) in [5.41, 5.74) is 0.552. The first-order valence-corrected chi connectivity index (χ1v) is 5.55. The lowest BCUT2D eigenvalue weighted by Gasteiger charge is -2.38. The van der Waals surface area contributed by atoms with Crippen molar-refractivity contribution in [2.75, 3.05) is 0 Å². The van der Waals surface area contributed by atoms with Crippen molar-refractivity contribution >= 4 is 5.97 Å². The fourth-order valence-corrected chi connectivity index (χ4v) is 3.51. The van der Waals surface area contributed by atoms with Gasteiger partial charge in [0.15, 0.2) is 0 Å². The van der Waals surface area contributed by atoms with Gasteiger partial charge < -0.3 is 10.2 Å². The highest BCUT2D eigenvalue weighted by Crippen LogP contribution is 2.66. The summed E-state index contributed by atoms with van der Waals surface area (Å²) in [5.74, 6) is 0.622. The molecule has 2 bridgehead atoms. The fraction of sp³-hybridized carbons (Fsp3) is 0.917. The Kier molecular flexibility index (Phi) is 2.90. The molecule has 0 radical (unpaired) electrons. The van der Waals surface area contributed by atoms with Gasteiger partial charge in [-0.15, -0.1) is 0 Å². The highest BCUT2D eigenvalue weighted by molar-refractivity contribution is 5.66. The first-order valence-electron chi connectivity index (χ1n) is 5.55. The van der Waals surface area contributed by atoms with Gasteiger partial charge >= 0.3 is 5.97 Å². The topological polar surface area (TPSA) is 57.8 Å². The van der Waals surface area contributed by atoms with E-state index in [1.807, 2.05) is 0 Å². The molecule has 2 aliphatic rings. The number of esters is 1. The Morgan fingerprint density at radius 1 is 1.33 bits per heavy atom. The predicted molar refractivity (Wildman–Crippen MR) is 58.4 cm³/mol. The van der Waals surface area contributed by atoms with Crippen LogP contribution in [0.2, 0.25) is 0 Å². The molecular weight excluding hydrogens is 192 g/mol. The third-order valence-electron chi connectivity index (χ3n) is 5.02. The molecule has 2 rings (SSSR count). The second-order valence-electron chi connectivity index (χ2n) is 5.71. The first kappa shape index (κ1) is 12.5. The zero-order chi connectivity index (χ0) is 10.6. The number of carbonyl (C=O) groups excluding carboxylic acids is 1. The van der Waals surface area contributed by atoms with Crippen molar-refractivity contribution in [3.8, 4) is 0 Å². The smallest absolute Gasteiger partial charge is 0.302 e. The van der Waals surface area contributed by atoms with Crippen molar-refractivity contribution in [3.05, 3.63) is 0 Å². The molecule has 0 amide bonds. The van der Waals surface area contributed by atoms with Crippen LogP contribution in [0.5, 0.6) is 0 Å². The summed E-state index contributed by atoms with van der Waals surface area (Å²) in [7, 11) is 0. The van der Waals surface area contributed by atoms with Crippen LogP contribution in [0.25, 0.3) is 0 Å². The fourth-order valence-electron chi connectivity index (χ4n) is 3.51. The maximum atomic E-state index is 11.0. The maximum Gasteiger partial charge on any atom is 0.302 e. The average Bonchev–Trinajstić information content (AvgIpc) is 2.35. The Morgan fingerprint density at radius 3 is 2.27 bits per heavy atom. The minimum atomic E-state index is -0.125. The van der Waals surface area contributed by atoms with Crippen LogP contribution >= 0.6 is 0 Å². The molecule has 0 spiro atoms. The zero-order valence-corrected chi connectivity index (χ0v) is 10.1. The molecule has 0 saturated heterocycles. The minimum Gasteiger partial charge on any atom is -0.462 e. The molecule has 0 aromatic rings. The number of hydrogen-bond acceptors (Lipinski definition) is 2. The molecule has 0 aliphatic heterocycles. The lowest BCUT2D eigenvalue weighted by molar-refractivity contribution is -0.154. The summed E-state index contributed by atoms with van der Waals surface area (Å²) in [4.78, 5) is 11.0. The largest absolute Gasteiger partial charge is 0.462 e. The molecule has 15 heavy (non-hydrogen) atoms. The third-order valence-corrected chi connectivity index (χ3v) is 5.02. The Labute approximate surface area is 91.5 Å². The van der Waals surface area contributed by atoms with E-state index in [2.05, 4.69) is 20.8 Å². The van der Waals surface area contributed by atoms with Crippen LogP contribution < -0.4 is 0 Å². The molecule has 0 aromatic carbocycles. The van der Waals surface area contributed by atoms with Crippen LogP contribution in [0.4, 0.5) is 0 Å². The first-order chi connectivity index (χ1) is 6.38. The van der Waals surface area contributed by atoms with E-state index >= 15 is 0 Å². The number of hydrogen-bond donors (Lipinski definition) is 0. The molecule has 3 atom stereocenters. The van der Waals surface area contributed by atoms with Crippen molar-refractivity contribution in [3.63, 3.8) is 0 Å². The summed E-state index contributed by atoms with van der Waals surface area (Å²) < 4.78 is 5.44. The second-order valence-corrected chi connectivity index (χ2v) is 5.71. The highest BCUT2D eigenvalue weighted by Gasteiger charge is 2.62. The van der Waals surface area contributed by atoms with E-state index in [1.165, 1.54) is 19.8 Å². The van der Waals surface area contributed by atoms with Crippen LogP contribution in [0.15, 0.2) is 0 Å². The summed E-state index contributed by atoms with van der Waals surface area (Å²) in [6, 6.07) is 0. The molecule has 2 fully saturated rings. The Bertz CT molecular complexity index is 272. The van der Waals surface area contributed by atoms with Crippen molar-refractivity contribution in [1.29, 1.82) is 0 Å².